The average Bonchev–Trinajstić information content (AvgIpc) is 2.73. The number of rotatable bonds is 11. The zero-order chi connectivity index (χ0) is 21.9. The average molecular weight is 431 g/mol. The van der Waals surface area contributed by atoms with E-state index in [0.29, 0.717) is 43.5 Å². The van der Waals surface area contributed by atoms with Crippen molar-refractivity contribution in [3.8, 4) is 5.75 Å². The summed E-state index contributed by atoms with van der Waals surface area (Å²) in [5, 5.41) is 3.52. The normalized spacial score (nSPS) is 11.8. The van der Waals surface area contributed by atoms with Crippen LogP contribution in [0.2, 0.25) is 5.02 Å². The summed E-state index contributed by atoms with van der Waals surface area (Å²) >= 11 is 6.10. The topological polar surface area (TPSA) is 58.6 Å². The van der Waals surface area contributed by atoms with Gasteiger partial charge in [-0.3, -0.25) is 9.59 Å². The van der Waals surface area contributed by atoms with Crippen molar-refractivity contribution >= 4 is 23.4 Å². The number of para-hydroxylation sites is 1. The lowest BCUT2D eigenvalue weighted by atomic mass is 10.1. The van der Waals surface area contributed by atoms with Crippen molar-refractivity contribution in [2.45, 2.75) is 46.2 Å². The van der Waals surface area contributed by atoms with E-state index in [1.165, 1.54) is 0 Å². The van der Waals surface area contributed by atoms with Gasteiger partial charge in [-0.25, -0.2) is 0 Å². The largest absolute Gasteiger partial charge is 0.494 e. The molecule has 0 fully saturated rings. The van der Waals surface area contributed by atoms with Crippen molar-refractivity contribution in [2.24, 2.45) is 5.92 Å². The third-order valence-corrected chi connectivity index (χ3v) is 4.88. The van der Waals surface area contributed by atoms with E-state index in [1.54, 1.807) is 17.9 Å². The van der Waals surface area contributed by atoms with Crippen LogP contribution >= 0.6 is 11.6 Å². The Morgan fingerprint density at radius 1 is 1.07 bits per heavy atom. The van der Waals surface area contributed by atoms with Gasteiger partial charge >= 0.3 is 0 Å². The summed E-state index contributed by atoms with van der Waals surface area (Å²) in [5.74, 6) is 0.883. The Morgan fingerprint density at radius 2 is 1.80 bits per heavy atom. The summed E-state index contributed by atoms with van der Waals surface area (Å²) in [6.45, 7) is 7.18. The lowest BCUT2D eigenvalue weighted by molar-refractivity contribution is -0.140. The molecule has 0 saturated heterocycles. The molecule has 0 unspecified atom stereocenters. The summed E-state index contributed by atoms with van der Waals surface area (Å²) in [6, 6.07) is 16.3. The standard InChI is InChI=1S/C24H31ClN2O3/c1-18(2)16-26-24(29)19(3)27(17-20-9-7-10-21(25)15-20)23(28)13-8-14-30-22-11-5-4-6-12-22/h4-7,9-12,15,18-19H,8,13-14,16-17H2,1-3H3,(H,26,29)/t19-/m1/s1. The lowest BCUT2D eigenvalue weighted by Gasteiger charge is -2.29. The molecule has 162 valence electrons. The molecule has 0 aliphatic heterocycles. The molecule has 0 aliphatic carbocycles. The number of hydrogen-bond donors (Lipinski definition) is 1. The predicted octanol–water partition coefficient (Wildman–Crippen LogP) is 4.69. The Balaban J connectivity index is 1.99. The summed E-state index contributed by atoms with van der Waals surface area (Å²) < 4.78 is 5.68. The molecule has 5 nitrogen and oxygen atoms in total. The van der Waals surface area contributed by atoms with Crippen LogP contribution in [-0.2, 0) is 16.1 Å². The molecule has 0 radical (unpaired) electrons. The lowest BCUT2D eigenvalue weighted by Crippen LogP contribution is -2.48. The van der Waals surface area contributed by atoms with Crippen LogP contribution in [0.15, 0.2) is 54.6 Å². The first-order valence-corrected chi connectivity index (χ1v) is 10.7. The third-order valence-electron chi connectivity index (χ3n) is 4.64. The van der Waals surface area contributed by atoms with Gasteiger partial charge < -0.3 is 15.0 Å². The van der Waals surface area contributed by atoms with Crippen molar-refractivity contribution in [1.29, 1.82) is 0 Å². The second-order valence-corrected chi connectivity index (χ2v) is 8.17. The van der Waals surface area contributed by atoms with Crippen LogP contribution in [0.5, 0.6) is 5.75 Å². The fraction of sp³-hybridized carbons (Fsp3) is 0.417. The number of hydrogen-bond acceptors (Lipinski definition) is 3. The number of nitrogens with one attached hydrogen (secondary N) is 1. The van der Waals surface area contributed by atoms with Crippen LogP contribution in [0.3, 0.4) is 0 Å². The number of ether oxygens (including phenoxy) is 1. The quantitative estimate of drug-likeness (QED) is 0.526. The van der Waals surface area contributed by atoms with Gasteiger partial charge in [-0.1, -0.05) is 55.8 Å². The van der Waals surface area contributed by atoms with Gasteiger partial charge in [-0.2, -0.15) is 0 Å². The minimum absolute atomic E-state index is 0.0844. The first-order chi connectivity index (χ1) is 14.4. The molecule has 2 amide bonds. The smallest absolute Gasteiger partial charge is 0.242 e. The monoisotopic (exact) mass is 430 g/mol. The van der Waals surface area contributed by atoms with Crippen LogP contribution in [0.1, 0.15) is 39.2 Å². The van der Waals surface area contributed by atoms with Crippen molar-refractivity contribution < 1.29 is 14.3 Å². The summed E-state index contributed by atoms with van der Waals surface area (Å²) in [6.07, 6.45) is 0.870. The van der Waals surface area contributed by atoms with E-state index in [0.717, 1.165) is 11.3 Å². The van der Waals surface area contributed by atoms with Gasteiger partial charge in [0.2, 0.25) is 11.8 Å². The maximum Gasteiger partial charge on any atom is 0.242 e. The van der Waals surface area contributed by atoms with Gasteiger partial charge in [0, 0.05) is 24.5 Å². The number of benzene rings is 2. The maximum atomic E-state index is 13.0. The molecular formula is C24H31ClN2O3. The zero-order valence-corrected chi connectivity index (χ0v) is 18.7. The highest BCUT2D eigenvalue weighted by Crippen LogP contribution is 2.16. The molecule has 30 heavy (non-hydrogen) atoms. The molecule has 0 aliphatic rings. The fourth-order valence-corrected chi connectivity index (χ4v) is 3.15. The molecule has 1 atom stereocenters. The van der Waals surface area contributed by atoms with E-state index < -0.39 is 6.04 Å². The van der Waals surface area contributed by atoms with Crippen LogP contribution in [0.4, 0.5) is 0 Å². The van der Waals surface area contributed by atoms with Crippen molar-refractivity contribution in [2.75, 3.05) is 13.2 Å². The predicted molar refractivity (Wildman–Crippen MR) is 120 cm³/mol. The van der Waals surface area contributed by atoms with Gasteiger partial charge in [-0.15, -0.1) is 0 Å². The van der Waals surface area contributed by atoms with Gasteiger partial charge in [0.25, 0.3) is 0 Å². The van der Waals surface area contributed by atoms with Crippen LogP contribution in [-0.4, -0.2) is 35.9 Å². The Labute approximate surface area is 184 Å². The Bertz CT molecular complexity index is 811. The van der Waals surface area contributed by atoms with Crippen LogP contribution in [0.25, 0.3) is 0 Å². The minimum Gasteiger partial charge on any atom is -0.494 e. The fourth-order valence-electron chi connectivity index (χ4n) is 2.94. The number of amides is 2. The molecular weight excluding hydrogens is 400 g/mol. The van der Waals surface area contributed by atoms with E-state index >= 15 is 0 Å². The van der Waals surface area contributed by atoms with E-state index in [9.17, 15) is 9.59 Å². The third kappa shape index (κ3) is 8.07. The van der Waals surface area contributed by atoms with Crippen molar-refractivity contribution in [3.63, 3.8) is 0 Å². The van der Waals surface area contributed by atoms with E-state index in [1.807, 2.05) is 62.4 Å². The molecule has 6 heteroatoms. The number of halogens is 1. The molecule has 2 aromatic carbocycles. The van der Waals surface area contributed by atoms with Crippen molar-refractivity contribution in [3.05, 3.63) is 65.2 Å². The molecule has 0 bridgehead atoms. The SMILES string of the molecule is CC(C)CNC(=O)[C@@H](C)N(Cc1cccc(Cl)c1)C(=O)CCCOc1ccccc1. The van der Waals surface area contributed by atoms with E-state index in [4.69, 9.17) is 16.3 Å². The first-order valence-electron chi connectivity index (χ1n) is 10.4. The Morgan fingerprint density at radius 3 is 2.47 bits per heavy atom. The highest BCUT2D eigenvalue weighted by molar-refractivity contribution is 6.30. The summed E-state index contributed by atoms with van der Waals surface area (Å²) in [4.78, 5) is 27.2. The van der Waals surface area contributed by atoms with Gasteiger partial charge in [0.05, 0.1) is 6.61 Å². The molecule has 2 rings (SSSR count). The number of carbonyl (C=O) groups excluding carboxylic acids is 2. The highest BCUT2D eigenvalue weighted by atomic mass is 35.5. The molecule has 0 heterocycles. The first kappa shape index (κ1) is 23.7. The molecule has 2 aromatic rings. The Hall–Kier alpha value is -2.53. The van der Waals surface area contributed by atoms with Crippen LogP contribution < -0.4 is 10.1 Å². The minimum atomic E-state index is -0.578. The molecule has 0 aromatic heterocycles. The summed E-state index contributed by atoms with van der Waals surface area (Å²) in [5.41, 5.74) is 0.889. The number of carbonyl (C=O) groups is 2. The van der Waals surface area contributed by atoms with E-state index in [2.05, 4.69) is 5.32 Å². The second-order valence-electron chi connectivity index (χ2n) is 7.73. The zero-order valence-electron chi connectivity index (χ0n) is 17.9. The van der Waals surface area contributed by atoms with Gasteiger partial charge in [0.15, 0.2) is 0 Å². The second kappa shape index (κ2) is 12.2. The van der Waals surface area contributed by atoms with Gasteiger partial charge in [-0.05, 0) is 49.1 Å². The van der Waals surface area contributed by atoms with Crippen LogP contribution in [0, 0.1) is 5.92 Å². The summed E-state index contributed by atoms with van der Waals surface area (Å²) in [7, 11) is 0. The van der Waals surface area contributed by atoms with Gasteiger partial charge in [0.1, 0.15) is 11.8 Å². The maximum absolute atomic E-state index is 13.0. The molecule has 0 spiro atoms. The molecule has 1 N–H and O–H groups in total. The Kier molecular flexibility index (Phi) is 9.68. The molecule has 0 saturated carbocycles. The number of nitrogens with zero attached hydrogens (tertiary/aromatic N) is 1. The van der Waals surface area contributed by atoms with E-state index in [-0.39, 0.29) is 11.8 Å². The van der Waals surface area contributed by atoms with Crippen molar-refractivity contribution in [1.82, 2.24) is 10.2 Å². The highest BCUT2D eigenvalue weighted by Gasteiger charge is 2.25.